The first-order valence-electron chi connectivity index (χ1n) is 10.3. The Morgan fingerprint density at radius 3 is 2.59 bits per heavy atom. The van der Waals surface area contributed by atoms with Gasteiger partial charge in [-0.05, 0) is 43.4 Å². The molecule has 1 aromatic carbocycles. The number of carbonyl (C=O) groups excluding carboxylic acids is 2. The number of fused-ring (bicyclic) bond motifs is 1. The second-order valence-electron chi connectivity index (χ2n) is 8.49. The molecule has 29 heavy (non-hydrogen) atoms. The summed E-state index contributed by atoms with van der Waals surface area (Å²) in [6.45, 7) is 5.30. The standard InChI is InChI=1S/C21H27N3O4.ClH/c25-19-11-15(20(26)23-7-4-21(5-8-23)3-6-22-14-21)13-24(19)16-1-2-17-18(12-16)28-10-9-27-17;/h1-2,12,15,22H,3-11,13-14H2;1H. The van der Waals surface area contributed by atoms with Crippen molar-refractivity contribution in [3.05, 3.63) is 18.2 Å². The largest absolute Gasteiger partial charge is 0.486 e. The van der Waals surface area contributed by atoms with E-state index >= 15 is 0 Å². The molecular formula is C21H28ClN3O4. The molecule has 7 nitrogen and oxygen atoms in total. The normalized spacial score (nSPS) is 25.2. The van der Waals surface area contributed by atoms with Gasteiger partial charge in [0, 0.05) is 44.4 Å². The Labute approximate surface area is 177 Å². The molecule has 2 amide bonds. The monoisotopic (exact) mass is 421 g/mol. The molecule has 1 spiro atoms. The van der Waals surface area contributed by atoms with Crippen molar-refractivity contribution in [2.24, 2.45) is 11.3 Å². The molecule has 0 aliphatic carbocycles. The molecule has 5 rings (SSSR count). The summed E-state index contributed by atoms with van der Waals surface area (Å²) in [6.07, 6.45) is 3.64. The summed E-state index contributed by atoms with van der Waals surface area (Å²) in [7, 11) is 0. The second-order valence-corrected chi connectivity index (χ2v) is 8.49. The first-order valence-corrected chi connectivity index (χ1v) is 10.3. The predicted octanol–water partition coefficient (Wildman–Crippen LogP) is 1.83. The van der Waals surface area contributed by atoms with Gasteiger partial charge in [0.1, 0.15) is 13.2 Å². The molecule has 3 saturated heterocycles. The van der Waals surface area contributed by atoms with Gasteiger partial charge in [0.2, 0.25) is 11.8 Å². The van der Waals surface area contributed by atoms with Crippen LogP contribution in [0.5, 0.6) is 11.5 Å². The zero-order chi connectivity index (χ0) is 19.1. The summed E-state index contributed by atoms with van der Waals surface area (Å²) in [5, 5.41) is 3.46. The van der Waals surface area contributed by atoms with Crippen molar-refractivity contribution >= 4 is 29.9 Å². The van der Waals surface area contributed by atoms with Crippen LogP contribution in [0.1, 0.15) is 25.7 Å². The van der Waals surface area contributed by atoms with Crippen LogP contribution in [-0.4, -0.2) is 62.7 Å². The quantitative estimate of drug-likeness (QED) is 0.788. The van der Waals surface area contributed by atoms with Crippen LogP contribution in [-0.2, 0) is 9.59 Å². The molecule has 0 aromatic heterocycles. The molecule has 4 aliphatic heterocycles. The van der Waals surface area contributed by atoms with Gasteiger partial charge in [-0.2, -0.15) is 0 Å². The lowest BCUT2D eigenvalue weighted by atomic mass is 9.77. The fourth-order valence-corrected chi connectivity index (χ4v) is 5.00. The highest BCUT2D eigenvalue weighted by Crippen LogP contribution is 2.39. The molecule has 1 aromatic rings. The summed E-state index contributed by atoms with van der Waals surface area (Å²) in [6, 6.07) is 5.55. The highest BCUT2D eigenvalue weighted by atomic mass is 35.5. The zero-order valence-corrected chi connectivity index (χ0v) is 17.3. The Balaban J connectivity index is 0.00000205. The lowest BCUT2D eigenvalue weighted by molar-refractivity contribution is -0.137. The summed E-state index contributed by atoms with van der Waals surface area (Å²) >= 11 is 0. The number of nitrogens with zero attached hydrogens (tertiary/aromatic N) is 2. The maximum absolute atomic E-state index is 13.0. The molecule has 3 fully saturated rings. The molecule has 0 saturated carbocycles. The van der Waals surface area contributed by atoms with E-state index in [0.717, 1.165) is 44.7 Å². The average Bonchev–Trinajstić information content (AvgIpc) is 3.34. The maximum atomic E-state index is 13.0. The molecule has 4 heterocycles. The van der Waals surface area contributed by atoms with Crippen LogP contribution in [0, 0.1) is 11.3 Å². The second kappa shape index (κ2) is 8.03. The molecular weight excluding hydrogens is 394 g/mol. The smallest absolute Gasteiger partial charge is 0.228 e. The summed E-state index contributed by atoms with van der Waals surface area (Å²) in [5.41, 5.74) is 1.17. The van der Waals surface area contributed by atoms with E-state index in [4.69, 9.17) is 9.47 Å². The van der Waals surface area contributed by atoms with Crippen molar-refractivity contribution in [3.8, 4) is 11.5 Å². The van der Waals surface area contributed by atoms with Crippen LogP contribution in [0.3, 0.4) is 0 Å². The number of hydrogen-bond acceptors (Lipinski definition) is 5. The van der Waals surface area contributed by atoms with Crippen molar-refractivity contribution in [3.63, 3.8) is 0 Å². The third-order valence-corrected chi connectivity index (χ3v) is 6.78. The first kappa shape index (κ1) is 20.3. The number of nitrogens with one attached hydrogen (secondary N) is 1. The molecule has 1 N–H and O–H groups in total. The molecule has 1 atom stereocenters. The third kappa shape index (κ3) is 3.78. The zero-order valence-electron chi connectivity index (χ0n) is 16.5. The molecule has 1 unspecified atom stereocenters. The van der Waals surface area contributed by atoms with Gasteiger partial charge in [0.25, 0.3) is 0 Å². The van der Waals surface area contributed by atoms with Gasteiger partial charge >= 0.3 is 0 Å². The van der Waals surface area contributed by atoms with E-state index in [2.05, 4.69) is 5.32 Å². The van der Waals surface area contributed by atoms with Crippen LogP contribution in [0.25, 0.3) is 0 Å². The van der Waals surface area contributed by atoms with E-state index in [-0.39, 0.29) is 36.6 Å². The minimum atomic E-state index is -0.253. The van der Waals surface area contributed by atoms with Gasteiger partial charge in [-0.15, -0.1) is 12.4 Å². The predicted molar refractivity (Wildman–Crippen MR) is 111 cm³/mol. The highest BCUT2D eigenvalue weighted by molar-refractivity contribution is 6.00. The van der Waals surface area contributed by atoms with E-state index < -0.39 is 0 Å². The lowest BCUT2D eigenvalue weighted by Gasteiger charge is -2.39. The summed E-state index contributed by atoms with van der Waals surface area (Å²) in [5.74, 6) is 1.25. The van der Waals surface area contributed by atoms with Crippen LogP contribution < -0.4 is 19.7 Å². The van der Waals surface area contributed by atoms with Crippen molar-refractivity contribution in [2.75, 3.05) is 50.8 Å². The average molecular weight is 422 g/mol. The van der Waals surface area contributed by atoms with Crippen LogP contribution >= 0.6 is 12.4 Å². The van der Waals surface area contributed by atoms with Gasteiger partial charge in [-0.25, -0.2) is 0 Å². The number of likely N-dealkylation sites (tertiary alicyclic amines) is 1. The van der Waals surface area contributed by atoms with Crippen LogP contribution in [0.2, 0.25) is 0 Å². The Morgan fingerprint density at radius 2 is 1.86 bits per heavy atom. The topological polar surface area (TPSA) is 71.1 Å². The van der Waals surface area contributed by atoms with Gasteiger partial charge in [-0.3, -0.25) is 9.59 Å². The number of halogens is 1. The Bertz CT molecular complexity index is 786. The number of anilines is 1. The van der Waals surface area contributed by atoms with E-state index in [1.54, 1.807) is 4.90 Å². The molecule has 0 radical (unpaired) electrons. The first-order chi connectivity index (χ1) is 13.6. The Morgan fingerprint density at radius 1 is 1.10 bits per heavy atom. The van der Waals surface area contributed by atoms with E-state index in [9.17, 15) is 9.59 Å². The van der Waals surface area contributed by atoms with E-state index in [1.807, 2.05) is 23.1 Å². The van der Waals surface area contributed by atoms with Crippen molar-refractivity contribution in [1.29, 1.82) is 0 Å². The number of carbonyl (C=O) groups is 2. The molecule has 158 valence electrons. The minimum Gasteiger partial charge on any atom is -0.486 e. The van der Waals surface area contributed by atoms with Gasteiger partial charge in [-0.1, -0.05) is 0 Å². The van der Waals surface area contributed by atoms with Gasteiger partial charge in [0.15, 0.2) is 11.5 Å². The molecule has 4 aliphatic rings. The van der Waals surface area contributed by atoms with E-state index in [0.29, 0.717) is 36.7 Å². The maximum Gasteiger partial charge on any atom is 0.228 e. The minimum absolute atomic E-state index is 0. The Kier molecular flexibility index (Phi) is 5.62. The highest BCUT2D eigenvalue weighted by Gasteiger charge is 2.42. The van der Waals surface area contributed by atoms with Crippen molar-refractivity contribution in [1.82, 2.24) is 10.2 Å². The number of ether oxygens (including phenoxy) is 2. The Hall–Kier alpha value is -1.99. The summed E-state index contributed by atoms with van der Waals surface area (Å²) < 4.78 is 11.2. The fourth-order valence-electron chi connectivity index (χ4n) is 5.00. The number of hydrogen-bond donors (Lipinski definition) is 1. The van der Waals surface area contributed by atoms with Crippen molar-refractivity contribution in [2.45, 2.75) is 25.7 Å². The van der Waals surface area contributed by atoms with E-state index in [1.165, 1.54) is 6.42 Å². The van der Waals surface area contributed by atoms with Gasteiger partial charge in [0.05, 0.1) is 5.92 Å². The lowest BCUT2D eigenvalue weighted by Crippen LogP contribution is -2.46. The van der Waals surface area contributed by atoms with Gasteiger partial charge < -0.3 is 24.6 Å². The fraction of sp³-hybridized carbons (Fsp3) is 0.619. The van der Waals surface area contributed by atoms with Crippen molar-refractivity contribution < 1.29 is 19.1 Å². The number of piperidine rings is 1. The molecule has 0 bridgehead atoms. The number of rotatable bonds is 2. The number of amides is 2. The van der Waals surface area contributed by atoms with Crippen LogP contribution in [0.15, 0.2) is 18.2 Å². The third-order valence-electron chi connectivity index (χ3n) is 6.78. The summed E-state index contributed by atoms with van der Waals surface area (Å²) in [4.78, 5) is 29.4. The van der Waals surface area contributed by atoms with Crippen LogP contribution in [0.4, 0.5) is 5.69 Å². The molecule has 8 heteroatoms. The number of benzene rings is 1. The SMILES string of the molecule is Cl.O=C(C1CC(=O)N(c2ccc3c(c2)OCCO3)C1)N1CCC2(CCNC2)CC1.